The maximum absolute atomic E-state index is 13.9. The Morgan fingerprint density at radius 3 is 2.79 bits per heavy atom. The number of halogens is 4. The number of rotatable bonds is 6. The summed E-state index contributed by atoms with van der Waals surface area (Å²) >= 11 is 12.4. The van der Waals surface area contributed by atoms with Gasteiger partial charge < -0.3 is 20.2 Å². The summed E-state index contributed by atoms with van der Waals surface area (Å²) in [4.78, 5) is 13.0. The van der Waals surface area contributed by atoms with Crippen LogP contribution in [0.1, 0.15) is 34.9 Å². The predicted octanol–water partition coefficient (Wildman–Crippen LogP) is 3.89. The van der Waals surface area contributed by atoms with Crippen LogP contribution in [0.4, 0.5) is 8.78 Å². The molecule has 1 aliphatic rings. The number of nitrogens with zero attached hydrogens (tertiary/aromatic N) is 2. The number of hydrogen-bond acceptors (Lipinski definition) is 5. The largest absolute Gasteiger partial charge is 0.439 e. The van der Waals surface area contributed by atoms with Gasteiger partial charge in [-0.2, -0.15) is 5.10 Å². The fraction of sp³-hybridized carbons (Fsp3) is 0.364. The number of aliphatic hydroxyl groups is 1. The molecule has 0 aliphatic carbocycles. The first kappa shape index (κ1) is 23.7. The van der Waals surface area contributed by atoms with Crippen molar-refractivity contribution in [1.82, 2.24) is 20.4 Å². The summed E-state index contributed by atoms with van der Waals surface area (Å²) in [5, 5.41) is 19.9. The number of aryl methyl sites for hydroxylation is 1. The third kappa shape index (κ3) is 4.91. The minimum absolute atomic E-state index is 0.00687. The van der Waals surface area contributed by atoms with Crippen molar-refractivity contribution in [3.63, 3.8) is 0 Å². The van der Waals surface area contributed by atoms with Gasteiger partial charge in [-0.05, 0) is 42.1 Å². The molecule has 3 heterocycles. The maximum Gasteiger partial charge on any atom is 0.287 e. The lowest BCUT2D eigenvalue weighted by Gasteiger charge is -2.37. The Morgan fingerprint density at radius 1 is 1.33 bits per heavy atom. The Labute approximate surface area is 198 Å². The first-order valence-corrected chi connectivity index (χ1v) is 11.1. The van der Waals surface area contributed by atoms with Gasteiger partial charge in [0.05, 0.1) is 22.5 Å². The zero-order valence-corrected chi connectivity index (χ0v) is 19.1. The molecule has 1 saturated heterocycles. The second-order valence-corrected chi connectivity index (χ2v) is 8.73. The van der Waals surface area contributed by atoms with Crippen LogP contribution >= 0.6 is 23.2 Å². The fourth-order valence-electron chi connectivity index (χ4n) is 4.22. The maximum atomic E-state index is 13.9. The minimum atomic E-state index is -0.953. The topological polar surface area (TPSA) is 92.3 Å². The van der Waals surface area contributed by atoms with E-state index in [0.717, 1.165) is 12.1 Å². The zero-order chi connectivity index (χ0) is 23.7. The third-order valence-corrected chi connectivity index (χ3v) is 6.43. The van der Waals surface area contributed by atoms with Crippen molar-refractivity contribution < 1.29 is 23.1 Å². The van der Waals surface area contributed by atoms with Crippen molar-refractivity contribution >= 4 is 29.1 Å². The van der Waals surface area contributed by atoms with Crippen LogP contribution in [-0.4, -0.2) is 46.0 Å². The molecule has 1 unspecified atom stereocenters. The molecule has 0 radical (unpaired) electrons. The molecule has 0 bridgehead atoms. The van der Waals surface area contributed by atoms with Crippen LogP contribution in [0.15, 0.2) is 34.9 Å². The Kier molecular flexibility index (Phi) is 7.04. The van der Waals surface area contributed by atoms with E-state index in [-0.39, 0.29) is 29.5 Å². The molecule has 1 aromatic carbocycles. The highest BCUT2D eigenvalue weighted by Crippen LogP contribution is 2.36. The quantitative estimate of drug-likeness (QED) is 0.479. The normalized spacial score (nSPS) is 20.7. The monoisotopic (exact) mass is 498 g/mol. The molecule has 1 aliphatic heterocycles. The molecule has 176 valence electrons. The number of piperidine rings is 1. The number of furan rings is 1. The van der Waals surface area contributed by atoms with Crippen molar-refractivity contribution in [2.24, 2.45) is 7.05 Å². The van der Waals surface area contributed by atoms with Gasteiger partial charge >= 0.3 is 0 Å². The van der Waals surface area contributed by atoms with Crippen LogP contribution in [0.3, 0.4) is 0 Å². The van der Waals surface area contributed by atoms with Crippen LogP contribution < -0.4 is 10.6 Å². The highest BCUT2D eigenvalue weighted by Gasteiger charge is 2.33. The molecule has 0 spiro atoms. The van der Waals surface area contributed by atoms with Gasteiger partial charge in [-0.1, -0.05) is 17.7 Å². The molecular formula is C22H22Cl2F2N4O3. The number of carbonyl (C=O) groups is 1. The van der Waals surface area contributed by atoms with Crippen molar-refractivity contribution in [1.29, 1.82) is 0 Å². The summed E-state index contributed by atoms with van der Waals surface area (Å²) in [5.74, 6) is -2.73. The SMILES string of the molecule is Cn1ncc(Cl)c1-c1cc(C(=O)N[C@@H]2CNC(CCO)C[C@H]2c2ccc(F)c(F)c2)oc1Cl. The first-order chi connectivity index (χ1) is 15.8. The van der Waals surface area contributed by atoms with Gasteiger partial charge in [0.25, 0.3) is 5.91 Å². The molecule has 11 heteroatoms. The van der Waals surface area contributed by atoms with E-state index in [4.69, 9.17) is 27.6 Å². The number of nitrogens with one attached hydrogen (secondary N) is 2. The van der Waals surface area contributed by atoms with Gasteiger partial charge in [-0.3, -0.25) is 9.48 Å². The van der Waals surface area contributed by atoms with Crippen LogP contribution in [0.25, 0.3) is 11.3 Å². The van der Waals surface area contributed by atoms with Crippen molar-refractivity contribution in [3.8, 4) is 11.3 Å². The van der Waals surface area contributed by atoms with Gasteiger partial charge in [-0.25, -0.2) is 8.78 Å². The lowest BCUT2D eigenvalue weighted by Crippen LogP contribution is -2.53. The Bertz CT molecular complexity index is 1150. The lowest BCUT2D eigenvalue weighted by molar-refractivity contribution is 0.0888. The summed E-state index contributed by atoms with van der Waals surface area (Å²) in [6.45, 7) is 0.359. The van der Waals surface area contributed by atoms with Gasteiger partial charge in [0, 0.05) is 44.3 Å². The van der Waals surface area contributed by atoms with E-state index in [1.165, 1.54) is 23.0 Å². The predicted molar refractivity (Wildman–Crippen MR) is 119 cm³/mol. The number of amides is 1. The molecule has 7 nitrogen and oxygen atoms in total. The highest BCUT2D eigenvalue weighted by atomic mass is 35.5. The van der Waals surface area contributed by atoms with E-state index in [0.29, 0.717) is 41.2 Å². The van der Waals surface area contributed by atoms with E-state index < -0.39 is 23.6 Å². The van der Waals surface area contributed by atoms with Crippen molar-refractivity contribution in [2.45, 2.75) is 30.8 Å². The summed E-state index contributed by atoms with van der Waals surface area (Å²) < 4.78 is 34.4. The average Bonchev–Trinajstić information content (AvgIpc) is 3.32. The Hall–Kier alpha value is -2.46. The molecule has 3 N–H and O–H groups in total. The van der Waals surface area contributed by atoms with Gasteiger partial charge in [0.2, 0.25) is 5.22 Å². The number of hydrogen-bond donors (Lipinski definition) is 3. The van der Waals surface area contributed by atoms with Crippen LogP contribution in [-0.2, 0) is 7.05 Å². The second kappa shape index (κ2) is 9.80. The van der Waals surface area contributed by atoms with Crippen LogP contribution in [0.2, 0.25) is 10.2 Å². The molecule has 3 atom stereocenters. The van der Waals surface area contributed by atoms with E-state index in [2.05, 4.69) is 15.7 Å². The standard InChI is InChI=1S/C22H22Cl2F2N4O3/c1-30-20(15(23)9-28-30)14-8-19(33-21(14)24)22(32)29-18-10-27-12(4-5-31)7-13(18)11-2-3-16(25)17(26)6-11/h2-3,6,8-9,12-13,18,27,31H,4-5,7,10H2,1H3,(H,29,32)/t12?,13-,18+/m0/s1. The lowest BCUT2D eigenvalue weighted by atomic mass is 9.81. The zero-order valence-electron chi connectivity index (χ0n) is 17.6. The van der Waals surface area contributed by atoms with Gasteiger partial charge in [0.1, 0.15) is 0 Å². The smallest absolute Gasteiger partial charge is 0.287 e. The van der Waals surface area contributed by atoms with Crippen LogP contribution in [0, 0.1) is 11.6 Å². The number of aliphatic hydroxyl groups excluding tert-OH is 1. The Morgan fingerprint density at radius 2 is 2.12 bits per heavy atom. The van der Waals surface area contributed by atoms with Crippen LogP contribution in [0.5, 0.6) is 0 Å². The number of benzene rings is 1. The summed E-state index contributed by atoms with van der Waals surface area (Å²) in [6, 6.07) is 4.74. The van der Waals surface area contributed by atoms with Gasteiger partial charge in [-0.15, -0.1) is 0 Å². The molecule has 0 saturated carbocycles. The molecule has 2 aromatic heterocycles. The van der Waals surface area contributed by atoms with E-state index in [1.807, 2.05) is 0 Å². The van der Waals surface area contributed by atoms with E-state index >= 15 is 0 Å². The molecule has 4 rings (SSSR count). The molecule has 1 fully saturated rings. The summed E-state index contributed by atoms with van der Waals surface area (Å²) in [6.07, 6.45) is 2.48. The van der Waals surface area contributed by atoms with Crippen molar-refractivity contribution in [3.05, 3.63) is 63.7 Å². The summed E-state index contributed by atoms with van der Waals surface area (Å²) in [7, 11) is 1.69. The Balaban J connectivity index is 1.58. The third-order valence-electron chi connectivity index (χ3n) is 5.88. The molecule has 3 aromatic rings. The molecule has 1 amide bonds. The van der Waals surface area contributed by atoms with E-state index in [9.17, 15) is 18.7 Å². The minimum Gasteiger partial charge on any atom is -0.439 e. The number of aromatic nitrogens is 2. The summed E-state index contributed by atoms with van der Waals surface area (Å²) in [5.41, 5.74) is 1.49. The van der Waals surface area contributed by atoms with Gasteiger partial charge in [0.15, 0.2) is 17.4 Å². The molecule has 33 heavy (non-hydrogen) atoms. The average molecular weight is 499 g/mol. The molecular weight excluding hydrogens is 477 g/mol. The number of carbonyl (C=O) groups excluding carboxylic acids is 1. The first-order valence-electron chi connectivity index (χ1n) is 10.4. The van der Waals surface area contributed by atoms with E-state index in [1.54, 1.807) is 7.05 Å². The highest BCUT2D eigenvalue weighted by molar-refractivity contribution is 6.35. The fourth-order valence-corrected chi connectivity index (χ4v) is 4.72. The van der Waals surface area contributed by atoms with Crippen molar-refractivity contribution in [2.75, 3.05) is 13.2 Å². The second-order valence-electron chi connectivity index (χ2n) is 7.98.